The number of nitrogens with zero attached hydrogens (tertiary/aromatic N) is 3. The van der Waals surface area contributed by atoms with E-state index in [1.54, 1.807) is 12.3 Å². The Labute approximate surface area is 256 Å². The summed E-state index contributed by atoms with van der Waals surface area (Å²) < 4.78 is 1.49. The van der Waals surface area contributed by atoms with Crippen LogP contribution in [0.5, 0.6) is 0 Å². The van der Waals surface area contributed by atoms with E-state index < -0.39 is 11.6 Å². The lowest BCUT2D eigenvalue weighted by molar-refractivity contribution is -0.119. The molecule has 0 aliphatic heterocycles. The molecule has 1 aliphatic rings. The second kappa shape index (κ2) is 12.9. The third-order valence-electron chi connectivity index (χ3n) is 8.32. The van der Waals surface area contributed by atoms with Crippen molar-refractivity contribution in [3.63, 3.8) is 0 Å². The van der Waals surface area contributed by atoms with E-state index in [-0.39, 0.29) is 24.0 Å². The Bertz CT molecular complexity index is 1810. The van der Waals surface area contributed by atoms with Crippen LogP contribution in [0.4, 0.5) is 0 Å². The van der Waals surface area contributed by atoms with Crippen molar-refractivity contribution in [2.75, 3.05) is 0 Å². The fourth-order valence-corrected chi connectivity index (χ4v) is 5.81. The first-order valence-corrected chi connectivity index (χ1v) is 14.7. The summed E-state index contributed by atoms with van der Waals surface area (Å²) in [5.41, 5.74) is 5.37. The van der Waals surface area contributed by atoms with Crippen LogP contribution < -0.4 is 11.0 Å². The Morgan fingerprint density at radius 2 is 1.86 bits per heavy atom. The van der Waals surface area contributed by atoms with Crippen molar-refractivity contribution in [1.29, 1.82) is 0 Å². The fourth-order valence-electron chi connectivity index (χ4n) is 5.81. The molecule has 0 spiro atoms. The molecule has 5 aromatic rings. The van der Waals surface area contributed by atoms with Gasteiger partial charge in [-0.2, -0.15) is 5.10 Å². The first-order chi connectivity index (χ1) is 20.5. The minimum absolute atomic E-state index is 0. The molecule has 3 aromatic heterocycles. The third kappa shape index (κ3) is 6.12. The highest BCUT2D eigenvalue weighted by Gasteiger charge is 2.39. The van der Waals surface area contributed by atoms with Gasteiger partial charge in [0.1, 0.15) is 0 Å². The number of hydrogen-bond acceptors (Lipinski definition) is 5. The molecule has 8 nitrogen and oxygen atoms in total. The predicted octanol–water partition coefficient (Wildman–Crippen LogP) is 6.32. The standard InChI is InChI=1S/C34H35N5O3.ClH/c1-2-3-5-11-26(40)16-17-30(41)36-34(19-8-20-34)25-14-12-24(13-15-25)31-27(23-9-6-4-7-10-23)22-28-29(35-31)18-21-39-32(28)37-38-33(39)42;/h4,6-7,9-10,12-18,21-22,26,40H,2-3,5,8,11,19-20H2,1H3,(H,36,41)(H,38,42);1H/b17-16+;. The summed E-state index contributed by atoms with van der Waals surface area (Å²) >= 11 is 0. The predicted molar refractivity (Wildman–Crippen MR) is 172 cm³/mol. The number of unbranched alkanes of at least 4 members (excludes halogenated alkanes) is 2. The van der Waals surface area contributed by atoms with E-state index in [2.05, 4.69) is 46.7 Å². The average molecular weight is 598 g/mol. The van der Waals surface area contributed by atoms with Crippen molar-refractivity contribution in [3.8, 4) is 22.4 Å². The lowest BCUT2D eigenvalue weighted by atomic mass is 9.71. The number of nitrogens with one attached hydrogen (secondary N) is 2. The van der Waals surface area contributed by atoms with Gasteiger partial charge in [0, 0.05) is 28.8 Å². The number of carbonyl (C=O) groups is 1. The lowest BCUT2D eigenvalue weighted by Crippen LogP contribution is -2.50. The number of aliphatic hydroxyl groups is 1. The number of hydrogen-bond donors (Lipinski definition) is 3. The number of pyridine rings is 2. The number of H-pyrrole nitrogens is 1. The van der Waals surface area contributed by atoms with Gasteiger partial charge in [0.15, 0.2) is 5.65 Å². The van der Waals surface area contributed by atoms with Crippen LogP contribution in [-0.4, -0.2) is 36.7 Å². The number of aliphatic hydroxyl groups excluding tert-OH is 1. The Morgan fingerprint density at radius 3 is 2.56 bits per heavy atom. The monoisotopic (exact) mass is 597 g/mol. The van der Waals surface area contributed by atoms with Gasteiger partial charge in [-0.05, 0) is 48.9 Å². The van der Waals surface area contributed by atoms with Gasteiger partial charge in [0.05, 0.1) is 22.9 Å². The minimum Gasteiger partial charge on any atom is -0.389 e. The number of carbonyl (C=O) groups excluding carboxylic acids is 1. The van der Waals surface area contributed by atoms with Gasteiger partial charge < -0.3 is 10.4 Å². The number of fused-ring (bicyclic) bond motifs is 3. The average Bonchev–Trinajstić information content (AvgIpc) is 3.39. The molecule has 43 heavy (non-hydrogen) atoms. The molecule has 0 radical (unpaired) electrons. The second-order valence-electron chi connectivity index (χ2n) is 11.1. The van der Waals surface area contributed by atoms with Crippen LogP contribution in [0.2, 0.25) is 0 Å². The Balaban J connectivity index is 0.00000368. The molecule has 3 N–H and O–H groups in total. The molecule has 2 aromatic carbocycles. The van der Waals surface area contributed by atoms with Crippen LogP contribution in [0.3, 0.4) is 0 Å². The molecular formula is C34H36ClN5O3. The lowest BCUT2D eigenvalue weighted by Gasteiger charge is -2.43. The molecule has 1 unspecified atom stereocenters. The maximum absolute atomic E-state index is 12.8. The maximum Gasteiger partial charge on any atom is 0.347 e. The van der Waals surface area contributed by atoms with Crippen LogP contribution in [0, 0.1) is 0 Å². The zero-order valence-corrected chi connectivity index (χ0v) is 24.9. The number of amides is 1. The molecule has 3 heterocycles. The summed E-state index contributed by atoms with van der Waals surface area (Å²) in [4.78, 5) is 30.0. The molecule has 0 saturated heterocycles. The maximum atomic E-state index is 12.8. The van der Waals surface area contributed by atoms with Gasteiger partial charge in [0.2, 0.25) is 5.91 Å². The first kappa shape index (κ1) is 30.2. The summed E-state index contributed by atoms with van der Waals surface area (Å²) in [6.45, 7) is 2.13. The van der Waals surface area contributed by atoms with Crippen LogP contribution in [0.15, 0.2) is 89.9 Å². The number of rotatable bonds is 10. The van der Waals surface area contributed by atoms with Crippen molar-refractivity contribution in [3.05, 3.63) is 101 Å². The van der Waals surface area contributed by atoms with Gasteiger partial charge in [0.25, 0.3) is 0 Å². The fraction of sp³-hybridized carbons (Fsp3) is 0.294. The third-order valence-corrected chi connectivity index (χ3v) is 8.32. The SMILES string of the molecule is CCCCCC(O)/C=C/C(=O)NC1(c2ccc(-c3nc4ccn5c(=O)[nH]nc5c4cc3-c3ccccc3)cc2)CCC1.Cl. The number of aromatic nitrogens is 4. The van der Waals surface area contributed by atoms with Crippen LogP contribution in [-0.2, 0) is 10.3 Å². The van der Waals surface area contributed by atoms with Gasteiger partial charge >= 0.3 is 5.69 Å². The number of aromatic amines is 1. The van der Waals surface area contributed by atoms with Gasteiger partial charge in [-0.1, -0.05) is 86.9 Å². The van der Waals surface area contributed by atoms with Crippen molar-refractivity contribution in [2.45, 2.75) is 63.5 Å². The van der Waals surface area contributed by atoms with Crippen LogP contribution in [0.25, 0.3) is 38.9 Å². The van der Waals surface area contributed by atoms with E-state index in [1.807, 2.05) is 42.5 Å². The van der Waals surface area contributed by atoms with Crippen LogP contribution in [0.1, 0.15) is 57.4 Å². The highest BCUT2D eigenvalue weighted by Crippen LogP contribution is 2.42. The normalized spacial score (nSPS) is 14.8. The summed E-state index contributed by atoms with van der Waals surface area (Å²) in [5, 5.41) is 20.9. The second-order valence-corrected chi connectivity index (χ2v) is 11.1. The highest BCUT2D eigenvalue weighted by atomic mass is 35.5. The first-order valence-electron chi connectivity index (χ1n) is 14.7. The van der Waals surface area contributed by atoms with E-state index in [9.17, 15) is 14.7 Å². The topological polar surface area (TPSA) is 112 Å². The molecule has 1 aliphatic carbocycles. The largest absolute Gasteiger partial charge is 0.389 e. The molecule has 1 atom stereocenters. The smallest absolute Gasteiger partial charge is 0.347 e. The summed E-state index contributed by atoms with van der Waals surface area (Å²) in [5.74, 6) is -0.181. The van der Waals surface area contributed by atoms with Crippen molar-refractivity contribution < 1.29 is 9.90 Å². The molecule has 1 fully saturated rings. The Hall–Kier alpha value is -4.27. The highest BCUT2D eigenvalue weighted by molar-refractivity contribution is 5.98. The Morgan fingerprint density at radius 1 is 1.09 bits per heavy atom. The zero-order chi connectivity index (χ0) is 29.1. The molecule has 1 saturated carbocycles. The molecule has 1 amide bonds. The van der Waals surface area contributed by atoms with Gasteiger partial charge in [-0.3, -0.25) is 4.79 Å². The van der Waals surface area contributed by atoms with E-state index in [0.29, 0.717) is 12.1 Å². The quantitative estimate of drug-likeness (QED) is 0.129. The van der Waals surface area contributed by atoms with Crippen molar-refractivity contribution >= 4 is 34.9 Å². The summed E-state index contributed by atoms with van der Waals surface area (Å²) in [7, 11) is 0. The van der Waals surface area contributed by atoms with E-state index in [1.165, 1.54) is 10.5 Å². The van der Waals surface area contributed by atoms with E-state index in [0.717, 1.165) is 77.4 Å². The molecule has 222 valence electrons. The summed E-state index contributed by atoms with van der Waals surface area (Å²) in [6, 6.07) is 22.2. The Kier molecular flexibility index (Phi) is 9.08. The molecule has 0 bridgehead atoms. The number of benzene rings is 2. The number of halogens is 1. The van der Waals surface area contributed by atoms with Crippen LogP contribution >= 0.6 is 12.4 Å². The van der Waals surface area contributed by atoms with Crippen molar-refractivity contribution in [1.82, 2.24) is 24.9 Å². The molecule has 9 heteroatoms. The van der Waals surface area contributed by atoms with Gasteiger partial charge in [-0.25, -0.2) is 19.3 Å². The van der Waals surface area contributed by atoms with E-state index >= 15 is 0 Å². The molecular weight excluding hydrogens is 562 g/mol. The van der Waals surface area contributed by atoms with E-state index in [4.69, 9.17) is 4.98 Å². The zero-order valence-electron chi connectivity index (χ0n) is 24.1. The van der Waals surface area contributed by atoms with Crippen molar-refractivity contribution in [2.24, 2.45) is 0 Å². The summed E-state index contributed by atoms with van der Waals surface area (Å²) in [6.07, 6.45) is 10.7. The molecule has 6 rings (SSSR count). The minimum atomic E-state index is -0.600. The van der Waals surface area contributed by atoms with Gasteiger partial charge in [-0.15, -0.1) is 12.4 Å².